The maximum Gasteiger partial charge on any atom is 0.416 e. The molecule has 1 heterocycles. The van der Waals surface area contributed by atoms with Gasteiger partial charge in [-0.3, -0.25) is 4.79 Å². The Hall–Kier alpha value is -1.80. The number of methoxy groups -OCH3 is 1. The third kappa shape index (κ3) is 5.59. The molecule has 0 bridgehead atoms. The van der Waals surface area contributed by atoms with Crippen LogP contribution in [0.25, 0.3) is 0 Å². The number of ether oxygens (including phenoxy) is 2. The van der Waals surface area contributed by atoms with Crippen LogP contribution in [0.4, 0.5) is 13.2 Å². The lowest BCUT2D eigenvalue weighted by Crippen LogP contribution is -2.50. The van der Waals surface area contributed by atoms with Gasteiger partial charge in [0.05, 0.1) is 23.7 Å². The molecule has 0 radical (unpaired) electrons. The average molecular weight is 388 g/mol. The lowest BCUT2D eigenvalue weighted by atomic mass is 9.78. The lowest BCUT2D eigenvalue weighted by Gasteiger charge is -2.35. The van der Waals surface area contributed by atoms with Crippen molar-refractivity contribution in [2.24, 2.45) is 5.41 Å². The normalized spacial score (nSPS) is 17.0. The molecule has 0 aliphatic carbocycles. The Bertz CT molecular complexity index is 636. The highest BCUT2D eigenvalue weighted by atomic mass is 19.4. The largest absolute Gasteiger partial charge is 0.491 e. The van der Waals surface area contributed by atoms with E-state index >= 15 is 0 Å². The number of piperidine rings is 1. The molecule has 5 nitrogen and oxygen atoms in total. The highest BCUT2D eigenvalue weighted by Crippen LogP contribution is 2.35. The number of carbonyl (C=O) groups excluding carboxylic acids is 1. The van der Waals surface area contributed by atoms with E-state index in [1.807, 2.05) is 0 Å². The van der Waals surface area contributed by atoms with Gasteiger partial charge in [-0.2, -0.15) is 13.2 Å². The number of alkyl halides is 3. The molecule has 0 unspecified atom stereocenters. The summed E-state index contributed by atoms with van der Waals surface area (Å²) in [5.74, 6) is -0.122. The van der Waals surface area contributed by atoms with Crippen molar-refractivity contribution in [1.82, 2.24) is 10.6 Å². The molecular formula is C19H27F3N2O3. The maximum atomic E-state index is 13.4. The Morgan fingerprint density at radius 1 is 1.30 bits per heavy atom. The Balaban J connectivity index is 2.17. The molecule has 1 saturated heterocycles. The molecule has 152 valence electrons. The number of benzene rings is 1. The topological polar surface area (TPSA) is 59.6 Å². The summed E-state index contributed by atoms with van der Waals surface area (Å²) in [4.78, 5) is 12.7. The fourth-order valence-electron chi connectivity index (χ4n) is 3.30. The van der Waals surface area contributed by atoms with Crippen LogP contribution in [0.2, 0.25) is 0 Å². The first-order chi connectivity index (χ1) is 12.7. The van der Waals surface area contributed by atoms with Gasteiger partial charge in [0.15, 0.2) is 0 Å². The van der Waals surface area contributed by atoms with Crippen molar-refractivity contribution in [3.05, 3.63) is 29.3 Å². The molecule has 0 atom stereocenters. The minimum absolute atomic E-state index is 0.00783. The number of hydrogen-bond acceptors (Lipinski definition) is 4. The smallest absolute Gasteiger partial charge is 0.416 e. The van der Waals surface area contributed by atoms with Gasteiger partial charge in [0.2, 0.25) is 5.91 Å². The highest BCUT2D eigenvalue weighted by Gasteiger charge is 2.40. The van der Waals surface area contributed by atoms with Crippen molar-refractivity contribution < 1.29 is 27.4 Å². The van der Waals surface area contributed by atoms with E-state index in [1.165, 1.54) is 19.2 Å². The third-order valence-corrected chi connectivity index (χ3v) is 4.66. The molecule has 2 N–H and O–H groups in total. The van der Waals surface area contributed by atoms with Crippen LogP contribution in [0.15, 0.2) is 18.2 Å². The van der Waals surface area contributed by atoms with Crippen LogP contribution in [-0.4, -0.2) is 38.8 Å². The number of halogens is 3. The van der Waals surface area contributed by atoms with Gasteiger partial charge in [0.1, 0.15) is 5.75 Å². The third-order valence-electron chi connectivity index (χ3n) is 4.66. The second kappa shape index (κ2) is 8.93. The molecule has 0 saturated carbocycles. The number of carbonyl (C=O) groups is 1. The van der Waals surface area contributed by atoms with Crippen LogP contribution in [-0.2, 0) is 22.3 Å². The van der Waals surface area contributed by atoms with E-state index in [0.717, 1.165) is 6.07 Å². The zero-order valence-electron chi connectivity index (χ0n) is 15.9. The zero-order valence-corrected chi connectivity index (χ0v) is 15.9. The molecule has 0 aromatic heterocycles. The van der Waals surface area contributed by atoms with Gasteiger partial charge >= 0.3 is 6.18 Å². The second-order valence-corrected chi connectivity index (χ2v) is 7.13. The second-order valence-electron chi connectivity index (χ2n) is 7.13. The predicted octanol–water partition coefficient (Wildman–Crippen LogP) is 3.13. The Morgan fingerprint density at radius 2 is 1.96 bits per heavy atom. The number of nitrogens with one attached hydrogen (secondary N) is 2. The first-order valence-corrected chi connectivity index (χ1v) is 9.03. The van der Waals surface area contributed by atoms with E-state index in [1.54, 1.807) is 13.8 Å². The van der Waals surface area contributed by atoms with Crippen LogP contribution in [0.5, 0.6) is 5.75 Å². The van der Waals surface area contributed by atoms with E-state index < -0.39 is 17.2 Å². The minimum Gasteiger partial charge on any atom is -0.491 e. The van der Waals surface area contributed by atoms with Crippen molar-refractivity contribution in [2.75, 3.05) is 26.8 Å². The van der Waals surface area contributed by atoms with Crippen molar-refractivity contribution in [3.63, 3.8) is 0 Å². The van der Waals surface area contributed by atoms with Crippen LogP contribution >= 0.6 is 0 Å². The zero-order chi connectivity index (χ0) is 20.1. The number of rotatable bonds is 7. The molecular weight excluding hydrogens is 361 g/mol. The average Bonchev–Trinajstić information content (AvgIpc) is 2.60. The summed E-state index contributed by atoms with van der Waals surface area (Å²) in [5, 5.41) is 5.86. The molecule has 27 heavy (non-hydrogen) atoms. The molecule has 0 spiro atoms. The lowest BCUT2D eigenvalue weighted by molar-refractivity contribution is -0.140. The van der Waals surface area contributed by atoms with Crippen LogP contribution in [0.1, 0.15) is 37.8 Å². The molecule has 1 aromatic carbocycles. The van der Waals surface area contributed by atoms with Crippen LogP contribution in [0, 0.1) is 5.41 Å². The SMILES string of the molecule is COCC1(C(=O)NCc2ccc(OC(C)C)cc2C(F)(F)F)CCNCC1. The summed E-state index contributed by atoms with van der Waals surface area (Å²) < 4.78 is 50.9. The Kier molecular flexibility index (Phi) is 7.11. The predicted molar refractivity (Wildman–Crippen MR) is 95.5 cm³/mol. The van der Waals surface area contributed by atoms with Crippen LogP contribution in [0.3, 0.4) is 0 Å². The summed E-state index contributed by atoms with van der Waals surface area (Å²) in [7, 11) is 1.52. The fourth-order valence-corrected chi connectivity index (χ4v) is 3.30. The van der Waals surface area contributed by atoms with Gasteiger partial charge in [-0.1, -0.05) is 6.07 Å². The molecule has 1 aliphatic rings. The van der Waals surface area contributed by atoms with Gasteiger partial charge in [-0.05, 0) is 57.5 Å². The molecule has 2 rings (SSSR count). The standard InChI is InChI=1S/C19H27F3N2O3/c1-13(2)27-15-5-4-14(16(10-15)19(20,21)22)11-24-17(25)18(12-26-3)6-8-23-9-7-18/h4-5,10,13,23H,6-9,11-12H2,1-3H3,(H,24,25). The van der Waals surface area contributed by atoms with Gasteiger partial charge in [-0.25, -0.2) is 0 Å². The van der Waals surface area contributed by atoms with Crippen molar-refractivity contribution in [2.45, 2.75) is 45.5 Å². The molecule has 1 fully saturated rings. The Labute approximate surface area is 157 Å². The molecule has 1 aliphatic heterocycles. The van der Waals surface area contributed by atoms with E-state index in [2.05, 4.69) is 10.6 Å². The van der Waals surface area contributed by atoms with Gasteiger partial charge < -0.3 is 20.1 Å². The van der Waals surface area contributed by atoms with Gasteiger partial charge in [-0.15, -0.1) is 0 Å². The summed E-state index contributed by atoms with van der Waals surface area (Å²) in [6, 6.07) is 3.83. The van der Waals surface area contributed by atoms with Crippen molar-refractivity contribution in [1.29, 1.82) is 0 Å². The number of hydrogen-bond donors (Lipinski definition) is 2. The number of amides is 1. The fraction of sp³-hybridized carbons (Fsp3) is 0.632. The summed E-state index contributed by atoms with van der Waals surface area (Å²) in [6.07, 6.45) is -3.60. The van der Waals surface area contributed by atoms with E-state index in [0.29, 0.717) is 25.9 Å². The monoisotopic (exact) mass is 388 g/mol. The van der Waals surface area contributed by atoms with E-state index in [4.69, 9.17) is 9.47 Å². The highest BCUT2D eigenvalue weighted by molar-refractivity contribution is 5.83. The summed E-state index contributed by atoms with van der Waals surface area (Å²) in [6.45, 7) is 4.88. The minimum atomic E-state index is -4.53. The van der Waals surface area contributed by atoms with E-state index in [9.17, 15) is 18.0 Å². The first-order valence-electron chi connectivity index (χ1n) is 9.03. The molecule has 8 heteroatoms. The Morgan fingerprint density at radius 3 is 2.52 bits per heavy atom. The van der Waals surface area contributed by atoms with Crippen molar-refractivity contribution >= 4 is 5.91 Å². The van der Waals surface area contributed by atoms with Crippen molar-refractivity contribution in [3.8, 4) is 5.75 Å². The van der Waals surface area contributed by atoms with Gasteiger partial charge in [0.25, 0.3) is 0 Å². The van der Waals surface area contributed by atoms with Crippen LogP contribution < -0.4 is 15.4 Å². The molecule has 1 aromatic rings. The first kappa shape index (κ1) is 21.5. The van der Waals surface area contributed by atoms with E-state index in [-0.39, 0.29) is 36.5 Å². The summed E-state index contributed by atoms with van der Waals surface area (Å²) >= 11 is 0. The molecule has 1 amide bonds. The summed E-state index contributed by atoms with van der Waals surface area (Å²) in [5.41, 5.74) is -1.50. The van der Waals surface area contributed by atoms with Gasteiger partial charge in [0, 0.05) is 13.7 Å². The maximum absolute atomic E-state index is 13.4. The quantitative estimate of drug-likeness (QED) is 0.754.